The Hall–Kier alpha value is -2.71. The third kappa shape index (κ3) is 3.79. The Labute approximate surface area is 162 Å². The number of rotatable bonds is 8. The summed E-state index contributed by atoms with van der Waals surface area (Å²) < 4.78 is 29.0. The van der Waals surface area contributed by atoms with Gasteiger partial charge in [0.05, 0.1) is 15.9 Å². The monoisotopic (exact) mass is 399 g/mol. The molecule has 2 N–H and O–H groups in total. The molecule has 28 heavy (non-hydrogen) atoms. The maximum atomic E-state index is 12.4. The summed E-state index contributed by atoms with van der Waals surface area (Å²) in [6, 6.07) is 13.4. The first-order chi connectivity index (χ1) is 13.5. The van der Waals surface area contributed by atoms with Crippen LogP contribution in [0.4, 0.5) is 0 Å². The lowest BCUT2D eigenvalue weighted by Crippen LogP contribution is -2.27. The maximum Gasteiger partial charge on any atom is 0.326 e. The van der Waals surface area contributed by atoms with E-state index in [0.717, 1.165) is 23.9 Å². The fourth-order valence-corrected chi connectivity index (χ4v) is 4.31. The molecule has 4 rings (SSSR count). The van der Waals surface area contributed by atoms with Crippen molar-refractivity contribution in [2.75, 3.05) is 6.54 Å². The van der Waals surface area contributed by atoms with Crippen LogP contribution in [0.1, 0.15) is 29.6 Å². The zero-order valence-corrected chi connectivity index (χ0v) is 16.0. The summed E-state index contributed by atoms with van der Waals surface area (Å²) in [5, 5.41) is 0. The van der Waals surface area contributed by atoms with E-state index >= 15 is 0 Å². The van der Waals surface area contributed by atoms with Crippen molar-refractivity contribution in [1.29, 1.82) is 0 Å². The van der Waals surface area contributed by atoms with E-state index in [1.165, 1.54) is 12.1 Å². The van der Waals surface area contributed by atoms with Gasteiger partial charge in [-0.2, -0.15) is 0 Å². The van der Waals surface area contributed by atoms with Crippen LogP contribution in [0, 0.1) is 5.92 Å². The number of carbonyl (C=O) groups is 1. The third-order valence-corrected chi connectivity index (χ3v) is 6.41. The topological polar surface area (TPSA) is 101 Å². The molecule has 0 atom stereocenters. The molecule has 0 saturated heterocycles. The molecule has 1 heterocycles. The van der Waals surface area contributed by atoms with Gasteiger partial charge in [-0.3, -0.25) is 9.36 Å². The van der Waals surface area contributed by atoms with Gasteiger partial charge in [0.25, 0.3) is 0 Å². The number of nitrogens with one attached hydrogen (secondary N) is 2. The summed E-state index contributed by atoms with van der Waals surface area (Å²) in [4.78, 5) is 27.0. The quantitative estimate of drug-likeness (QED) is 0.448. The molecule has 8 heteroatoms. The predicted molar refractivity (Wildman–Crippen MR) is 106 cm³/mol. The van der Waals surface area contributed by atoms with E-state index < -0.39 is 10.0 Å². The van der Waals surface area contributed by atoms with Gasteiger partial charge in [0.2, 0.25) is 10.0 Å². The zero-order valence-electron chi connectivity index (χ0n) is 15.2. The first-order valence-electron chi connectivity index (χ1n) is 9.27. The summed E-state index contributed by atoms with van der Waals surface area (Å²) >= 11 is 0. The lowest BCUT2D eigenvalue weighted by molar-refractivity contribution is 0.0967. The number of aryl methyl sites for hydroxylation is 1. The van der Waals surface area contributed by atoms with Crippen molar-refractivity contribution < 1.29 is 13.2 Å². The first-order valence-corrected chi connectivity index (χ1v) is 10.8. The molecular formula is C20H21N3O4S. The molecule has 0 aliphatic heterocycles. The first kappa shape index (κ1) is 18.6. The molecule has 1 aromatic heterocycles. The van der Waals surface area contributed by atoms with E-state index in [2.05, 4.69) is 9.71 Å². The number of Topliss-reactive ketones (excluding diaryl/α,β-unsaturated/α-hetero) is 1. The summed E-state index contributed by atoms with van der Waals surface area (Å²) in [5.41, 5.74) is 1.90. The molecule has 0 amide bonds. The van der Waals surface area contributed by atoms with E-state index in [4.69, 9.17) is 0 Å². The number of sulfonamides is 1. The number of ketones is 1. The van der Waals surface area contributed by atoms with Crippen molar-refractivity contribution in [3.8, 4) is 0 Å². The maximum absolute atomic E-state index is 12.4. The summed E-state index contributed by atoms with van der Waals surface area (Å²) in [6.45, 7) is 0.608. The average molecular weight is 399 g/mol. The molecule has 3 aromatic rings. The zero-order chi connectivity index (χ0) is 19.7. The summed E-state index contributed by atoms with van der Waals surface area (Å²) in [5.74, 6) is 0.189. The van der Waals surface area contributed by atoms with Crippen LogP contribution < -0.4 is 10.4 Å². The van der Waals surface area contributed by atoms with Crippen LogP contribution in [0.5, 0.6) is 0 Å². The highest BCUT2D eigenvalue weighted by atomic mass is 32.2. The number of imidazole rings is 1. The molecule has 0 spiro atoms. The molecule has 146 valence electrons. The lowest BCUT2D eigenvalue weighted by Gasteiger charge is -2.08. The van der Waals surface area contributed by atoms with Crippen molar-refractivity contribution in [1.82, 2.24) is 14.3 Å². The third-order valence-electron chi connectivity index (χ3n) is 4.93. The van der Waals surface area contributed by atoms with Crippen molar-refractivity contribution in [2.45, 2.75) is 30.7 Å². The van der Waals surface area contributed by atoms with E-state index in [0.29, 0.717) is 18.5 Å². The molecule has 0 radical (unpaired) electrons. The fraction of sp³-hybridized carbons (Fsp3) is 0.300. The van der Waals surface area contributed by atoms with Crippen molar-refractivity contribution in [3.05, 3.63) is 64.6 Å². The van der Waals surface area contributed by atoms with Gasteiger partial charge in [-0.1, -0.05) is 24.3 Å². The SMILES string of the molecule is O=C(c1ccc(S(=O)(=O)NCCCn2c(=O)[nH]c3ccccc32)cc1)C1CC1. The van der Waals surface area contributed by atoms with Crippen LogP contribution in [-0.4, -0.2) is 30.3 Å². The van der Waals surface area contributed by atoms with E-state index in [1.807, 2.05) is 24.3 Å². The Balaban J connectivity index is 1.36. The number of benzene rings is 2. The molecule has 1 aliphatic rings. The van der Waals surface area contributed by atoms with E-state index in [9.17, 15) is 18.0 Å². The minimum Gasteiger partial charge on any atom is -0.306 e. The van der Waals surface area contributed by atoms with Gasteiger partial charge in [0.1, 0.15) is 0 Å². The van der Waals surface area contributed by atoms with Crippen LogP contribution in [0.25, 0.3) is 11.0 Å². The second-order valence-corrected chi connectivity index (χ2v) is 8.78. The fourth-order valence-electron chi connectivity index (χ4n) is 3.24. The van der Waals surface area contributed by atoms with Gasteiger partial charge in [0, 0.05) is 24.6 Å². The van der Waals surface area contributed by atoms with Crippen LogP contribution >= 0.6 is 0 Å². The predicted octanol–water partition coefficient (Wildman–Crippen LogP) is 2.29. The number of fused-ring (bicyclic) bond motifs is 1. The van der Waals surface area contributed by atoms with Crippen LogP contribution in [-0.2, 0) is 16.6 Å². The number of hydrogen-bond acceptors (Lipinski definition) is 4. The molecule has 1 saturated carbocycles. The lowest BCUT2D eigenvalue weighted by atomic mass is 10.1. The minimum atomic E-state index is -3.66. The number of aromatic nitrogens is 2. The average Bonchev–Trinajstić information content (AvgIpc) is 3.49. The number of nitrogens with zero attached hydrogens (tertiary/aromatic N) is 1. The molecule has 0 unspecified atom stereocenters. The number of hydrogen-bond donors (Lipinski definition) is 2. The number of para-hydroxylation sites is 2. The normalized spacial score (nSPS) is 14.4. The molecule has 0 bridgehead atoms. The van der Waals surface area contributed by atoms with Crippen molar-refractivity contribution >= 4 is 26.8 Å². The second kappa shape index (κ2) is 7.37. The van der Waals surface area contributed by atoms with Crippen molar-refractivity contribution in [3.63, 3.8) is 0 Å². The molecular weight excluding hydrogens is 378 g/mol. The van der Waals surface area contributed by atoms with Crippen LogP contribution in [0.2, 0.25) is 0 Å². The molecule has 1 fully saturated rings. The summed E-state index contributed by atoms with van der Waals surface area (Å²) in [6.07, 6.45) is 2.30. The Morgan fingerprint density at radius 1 is 1.11 bits per heavy atom. The highest BCUT2D eigenvalue weighted by Gasteiger charge is 2.30. The minimum absolute atomic E-state index is 0.0843. The molecule has 2 aromatic carbocycles. The number of aromatic amines is 1. The second-order valence-electron chi connectivity index (χ2n) is 7.01. The Kier molecular flexibility index (Phi) is 4.91. The largest absolute Gasteiger partial charge is 0.326 e. The van der Waals surface area contributed by atoms with Crippen LogP contribution in [0.3, 0.4) is 0 Å². The Morgan fingerprint density at radius 2 is 1.82 bits per heavy atom. The van der Waals surface area contributed by atoms with Gasteiger partial charge < -0.3 is 4.98 Å². The van der Waals surface area contributed by atoms with E-state index in [1.54, 1.807) is 16.7 Å². The number of carbonyl (C=O) groups excluding carboxylic acids is 1. The number of H-pyrrole nitrogens is 1. The van der Waals surface area contributed by atoms with Gasteiger partial charge in [0.15, 0.2) is 5.78 Å². The van der Waals surface area contributed by atoms with Crippen LogP contribution in [0.15, 0.2) is 58.2 Å². The molecule has 7 nitrogen and oxygen atoms in total. The van der Waals surface area contributed by atoms with E-state index in [-0.39, 0.29) is 28.8 Å². The van der Waals surface area contributed by atoms with Gasteiger partial charge in [-0.25, -0.2) is 17.9 Å². The smallest absolute Gasteiger partial charge is 0.306 e. The summed E-state index contributed by atoms with van der Waals surface area (Å²) in [7, 11) is -3.66. The van der Waals surface area contributed by atoms with Gasteiger partial charge in [-0.15, -0.1) is 0 Å². The highest BCUT2D eigenvalue weighted by Crippen LogP contribution is 2.32. The molecule has 1 aliphatic carbocycles. The standard InChI is InChI=1S/C20H21N3O4S/c24-19(14-6-7-14)15-8-10-16(11-9-15)28(26,27)21-12-3-13-23-18-5-2-1-4-17(18)22-20(23)25/h1-2,4-5,8-11,14,21H,3,6-7,12-13H2,(H,22,25). The Morgan fingerprint density at radius 3 is 2.54 bits per heavy atom. The van der Waals surface area contributed by atoms with Crippen molar-refractivity contribution in [2.24, 2.45) is 5.92 Å². The van der Waals surface area contributed by atoms with Gasteiger partial charge in [-0.05, 0) is 43.5 Å². The highest BCUT2D eigenvalue weighted by molar-refractivity contribution is 7.89. The van der Waals surface area contributed by atoms with Gasteiger partial charge >= 0.3 is 5.69 Å². The Bertz CT molecular complexity index is 1170.